The van der Waals surface area contributed by atoms with Crippen LogP contribution in [0.3, 0.4) is 0 Å². The van der Waals surface area contributed by atoms with E-state index in [1.807, 2.05) is 14.1 Å². The molecule has 0 unspecified atom stereocenters. The topological polar surface area (TPSA) is 47.5 Å². The number of rotatable bonds is 8. The summed E-state index contributed by atoms with van der Waals surface area (Å²) in [7, 11) is 4.09. The third-order valence-corrected chi connectivity index (χ3v) is 2.70. The minimum Gasteiger partial charge on any atom is -0.392 e. The number of hydrogen-bond donors (Lipinski definition) is 3. The maximum atomic E-state index is 9.07. The lowest BCUT2D eigenvalue weighted by Crippen LogP contribution is -2.31. The average Bonchev–Trinajstić information content (AvgIpc) is 2.34. The lowest BCUT2D eigenvalue weighted by molar-refractivity contribution is 0.191. The highest BCUT2D eigenvalue weighted by Gasteiger charge is 1.96. The van der Waals surface area contributed by atoms with Gasteiger partial charge in [0.2, 0.25) is 0 Å². The van der Waals surface area contributed by atoms with Crippen molar-refractivity contribution in [2.75, 3.05) is 38.6 Å². The summed E-state index contributed by atoms with van der Waals surface area (Å²) < 4.78 is 0. The monoisotopic (exact) mass is 251 g/mol. The van der Waals surface area contributed by atoms with Crippen LogP contribution in [0, 0.1) is 0 Å². The number of hydrogen-bond acceptors (Lipinski definition) is 4. The van der Waals surface area contributed by atoms with Crippen molar-refractivity contribution in [2.24, 2.45) is 0 Å². The first kappa shape index (κ1) is 15.0. The molecule has 0 saturated heterocycles. The zero-order valence-electron chi connectivity index (χ0n) is 11.6. The van der Waals surface area contributed by atoms with E-state index < -0.39 is 0 Å². The van der Waals surface area contributed by atoms with Crippen LogP contribution in [0.2, 0.25) is 0 Å². The molecule has 4 nitrogen and oxygen atoms in total. The molecule has 4 heteroatoms. The van der Waals surface area contributed by atoms with Gasteiger partial charge in [-0.3, -0.25) is 0 Å². The van der Waals surface area contributed by atoms with Gasteiger partial charge in [-0.1, -0.05) is 12.1 Å². The van der Waals surface area contributed by atoms with Crippen molar-refractivity contribution >= 4 is 5.69 Å². The first-order chi connectivity index (χ1) is 8.59. The lowest BCUT2D eigenvalue weighted by Gasteiger charge is -2.13. The van der Waals surface area contributed by atoms with Gasteiger partial charge >= 0.3 is 0 Å². The summed E-state index contributed by atoms with van der Waals surface area (Å²) in [6.45, 7) is 5.10. The number of anilines is 1. The summed E-state index contributed by atoms with van der Waals surface area (Å²) in [5.41, 5.74) is 2.51. The van der Waals surface area contributed by atoms with Crippen molar-refractivity contribution in [1.29, 1.82) is 0 Å². The van der Waals surface area contributed by atoms with Crippen LogP contribution in [-0.4, -0.2) is 44.9 Å². The highest BCUT2D eigenvalue weighted by molar-refractivity contribution is 5.45. The molecule has 0 aliphatic heterocycles. The Balaban J connectivity index is 2.15. The number of benzene rings is 1. The SMILES string of the molecule is C[C@@H](O)CNCCNCc1ccc(N(C)C)cc1. The second kappa shape index (κ2) is 8.08. The molecule has 0 radical (unpaired) electrons. The fourth-order valence-electron chi connectivity index (χ4n) is 1.63. The maximum absolute atomic E-state index is 9.07. The molecular formula is C14H25N3O. The van der Waals surface area contributed by atoms with Crippen LogP contribution in [0.4, 0.5) is 5.69 Å². The van der Waals surface area contributed by atoms with Gasteiger partial charge in [0.15, 0.2) is 0 Å². The molecule has 0 saturated carbocycles. The van der Waals surface area contributed by atoms with Crippen LogP contribution in [0.1, 0.15) is 12.5 Å². The zero-order valence-corrected chi connectivity index (χ0v) is 11.6. The van der Waals surface area contributed by atoms with Crippen molar-refractivity contribution in [3.8, 4) is 0 Å². The molecule has 0 heterocycles. The Hall–Kier alpha value is -1.10. The highest BCUT2D eigenvalue weighted by atomic mass is 16.3. The summed E-state index contributed by atoms with van der Waals surface area (Å²) in [5.74, 6) is 0. The van der Waals surface area contributed by atoms with Crippen molar-refractivity contribution < 1.29 is 5.11 Å². The Morgan fingerprint density at radius 2 is 1.72 bits per heavy atom. The van der Waals surface area contributed by atoms with Gasteiger partial charge in [0.1, 0.15) is 0 Å². The van der Waals surface area contributed by atoms with E-state index in [-0.39, 0.29) is 6.10 Å². The van der Waals surface area contributed by atoms with E-state index >= 15 is 0 Å². The Labute approximate surface area is 110 Å². The summed E-state index contributed by atoms with van der Waals surface area (Å²) in [6.07, 6.45) is -0.274. The van der Waals surface area contributed by atoms with Crippen LogP contribution >= 0.6 is 0 Å². The molecule has 0 aliphatic rings. The standard InChI is InChI=1S/C14H25N3O/c1-12(18)10-15-8-9-16-11-13-4-6-14(7-5-13)17(2)3/h4-7,12,15-16,18H,8-11H2,1-3H3/t12-/m1/s1. The maximum Gasteiger partial charge on any atom is 0.0636 e. The largest absolute Gasteiger partial charge is 0.392 e. The van der Waals surface area contributed by atoms with Gasteiger partial charge in [0.25, 0.3) is 0 Å². The van der Waals surface area contributed by atoms with Crippen LogP contribution in [0.15, 0.2) is 24.3 Å². The van der Waals surface area contributed by atoms with E-state index in [4.69, 9.17) is 5.11 Å². The van der Waals surface area contributed by atoms with Gasteiger partial charge < -0.3 is 20.6 Å². The van der Waals surface area contributed by atoms with Crippen LogP contribution in [0.25, 0.3) is 0 Å². The molecule has 1 atom stereocenters. The van der Waals surface area contributed by atoms with Gasteiger partial charge in [-0.15, -0.1) is 0 Å². The molecule has 1 aromatic carbocycles. The third-order valence-electron chi connectivity index (χ3n) is 2.70. The first-order valence-electron chi connectivity index (χ1n) is 6.45. The van der Waals surface area contributed by atoms with E-state index in [1.54, 1.807) is 6.92 Å². The van der Waals surface area contributed by atoms with Gasteiger partial charge in [0, 0.05) is 46.0 Å². The summed E-state index contributed by atoms with van der Waals surface area (Å²) in [6, 6.07) is 8.54. The second-order valence-corrected chi connectivity index (χ2v) is 4.79. The fourth-order valence-corrected chi connectivity index (χ4v) is 1.63. The van der Waals surface area contributed by atoms with Gasteiger partial charge in [-0.05, 0) is 24.6 Å². The zero-order chi connectivity index (χ0) is 13.4. The minimum atomic E-state index is -0.274. The van der Waals surface area contributed by atoms with Crippen molar-refractivity contribution in [3.63, 3.8) is 0 Å². The van der Waals surface area contributed by atoms with E-state index in [1.165, 1.54) is 11.3 Å². The Kier molecular flexibility index (Phi) is 6.72. The number of aliphatic hydroxyl groups excluding tert-OH is 1. The number of aliphatic hydroxyl groups is 1. The smallest absolute Gasteiger partial charge is 0.0636 e. The molecule has 1 rings (SSSR count). The van der Waals surface area contributed by atoms with Crippen LogP contribution in [0.5, 0.6) is 0 Å². The fraction of sp³-hybridized carbons (Fsp3) is 0.571. The van der Waals surface area contributed by atoms with Gasteiger partial charge in [-0.2, -0.15) is 0 Å². The Bertz CT molecular complexity index is 322. The predicted octanol–water partition coefficient (Wildman–Crippen LogP) is 0.813. The normalized spacial score (nSPS) is 12.4. The molecule has 0 aliphatic carbocycles. The second-order valence-electron chi connectivity index (χ2n) is 4.79. The Morgan fingerprint density at radius 3 is 2.28 bits per heavy atom. The third kappa shape index (κ3) is 6.00. The highest BCUT2D eigenvalue weighted by Crippen LogP contribution is 2.11. The molecule has 0 bridgehead atoms. The lowest BCUT2D eigenvalue weighted by atomic mass is 10.2. The average molecular weight is 251 g/mol. The van der Waals surface area contributed by atoms with Crippen LogP contribution in [-0.2, 0) is 6.54 Å². The molecule has 102 valence electrons. The molecule has 0 spiro atoms. The van der Waals surface area contributed by atoms with Crippen molar-refractivity contribution in [3.05, 3.63) is 29.8 Å². The first-order valence-corrected chi connectivity index (χ1v) is 6.45. The quantitative estimate of drug-likeness (QED) is 0.599. The van der Waals surface area contributed by atoms with E-state index in [2.05, 4.69) is 39.8 Å². The molecule has 0 aromatic heterocycles. The number of nitrogens with zero attached hydrogens (tertiary/aromatic N) is 1. The minimum absolute atomic E-state index is 0.274. The summed E-state index contributed by atoms with van der Waals surface area (Å²) in [5, 5.41) is 15.6. The number of nitrogens with one attached hydrogen (secondary N) is 2. The van der Waals surface area contributed by atoms with E-state index in [0.29, 0.717) is 6.54 Å². The molecule has 3 N–H and O–H groups in total. The molecule has 1 aromatic rings. The van der Waals surface area contributed by atoms with Crippen LogP contribution < -0.4 is 15.5 Å². The predicted molar refractivity (Wildman–Crippen MR) is 77.0 cm³/mol. The Morgan fingerprint density at radius 1 is 1.11 bits per heavy atom. The molecular weight excluding hydrogens is 226 g/mol. The molecule has 0 fully saturated rings. The van der Waals surface area contributed by atoms with E-state index in [0.717, 1.165) is 19.6 Å². The van der Waals surface area contributed by atoms with Crippen molar-refractivity contribution in [1.82, 2.24) is 10.6 Å². The summed E-state index contributed by atoms with van der Waals surface area (Å²) >= 11 is 0. The van der Waals surface area contributed by atoms with Crippen molar-refractivity contribution in [2.45, 2.75) is 19.6 Å². The summed E-state index contributed by atoms with van der Waals surface area (Å²) in [4.78, 5) is 2.09. The van der Waals surface area contributed by atoms with Gasteiger partial charge in [0.05, 0.1) is 6.10 Å². The van der Waals surface area contributed by atoms with E-state index in [9.17, 15) is 0 Å². The van der Waals surface area contributed by atoms with Gasteiger partial charge in [-0.25, -0.2) is 0 Å². The molecule has 18 heavy (non-hydrogen) atoms. The molecule has 0 amide bonds.